The number of aromatic nitrogens is 9. The van der Waals surface area contributed by atoms with E-state index in [-0.39, 0.29) is 26.3 Å². The maximum absolute atomic E-state index is 14.0. The molecule has 1 fully saturated rings. The minimum atomic E-state index is -0.513. The molecule has 0 aliphatic carbocycles. The fraction of sp³-hybridized carbons (Fsp3) is 0.431. The number of hydrogen-bond donors (Lipinski definition) is 3. The van der Waals surface area contributed by atoms with Crippen LogP contribution in [0, 0.1) is 13.8 Å². The first kappa shape index (κ1) is 54.8. The van der Waals surface area contributed by atoms with Crippen molar-refractivity contribution in [1.82, 2.24) is 48.5 Å². The van der Waals surface area contributed by atoms with E-state index in [4.69, 9.17) is 20.4 Å². The van der Waals surface area contributed by atoms with Crippen molar-refractivity contribution in [2.45, 2.75) is 105 Å². The number of hydrogen-bond acceptors (Lipinski definition) is 14. The number of methoxy groups -OCH3 is 1. The van der Waals surface area contributed by atoms with Crippen LogP contribution in [0.3, 0.4) is 0 Å². The van der Waals surface area contributed by atoms with Crippen LogP contribution in [0.15, 0.2) is 54.1 Å². The smallest absolute Gasteiger partial charge is 0.291 e. The van der Waals surface area contributed by atoms with E-state index in [1.807, 2.05) is 67.3 Å². The molecule has 7 aromatic rings. The first-order chi connectivity index (χ1) is 35.0. The van der Waals surface area contributed by atoms with Gasteiger partial charge >= 0.3 is 0 Å². The number of carbonyl (C=O) groups excluding carboxylic acids is 3. The standard InChI is InChI=1S/C50H59N14O4S2.CH5N.Re/c1-7-37-45(69-32(5)54-37)48(67)56-50-63(19-12-11-18-62-44-38(24-33(29-65)25-40(44)68-6)55-49(62)53-31(4)39-23-30(3)59-64(39)8-2)43-35(26-36(46(51)66)27-41(43)70-50)13-9-10-17-60-20-14-34(15-21-60)47-58-57-42-28-52-16-22-61(42)47;1-2;/h11-12,23-27,29,34H,4,7-10,13-22,28H2,1-3,5-6H3,(H2,51,66)(H,53,55);2H2,1H3;/q-1;;/b12-11+,56-50?;;. The first-order valence-corrected chi connectivity index (χ1v) is 26.2. The second-order valence-corrected chi connectivity index (χ2v) is 20.0. The first-order valence-electron chi connectivity index (χ1n) is 24.5. The molecular weight excluding hydrogens is 1140 g/mol. The van der Waals surface area contributed by atoms with E-state index in [1.54, 1.807) is 19.2 Å². The summed E-state index contributed by atoms with van der Waals surface area (Å²) in [5.74, 6) is 2.64. The number of primary amides is 1. The predicted molar refractivity (Wildman–Crippen MR) is 284 cm³/mol. The van der Waals surface area contributed by atoms with Gasteiger partial charge in [-0.05, 0) is 122 Å². The summed E-state index contributed by atoms with van der Waals surface area (Å²) >= 11 is 2.71. The Labute approximate surface area is 446 Å². The van der Waals surface area contributed by atoms with E-state index < -0.39 is 5.91 Å². The molecule has 0 spiro atoms. The number of nitrogens with one attached hydrogen (secondary N) is 1. The normalized spacial score (nSPS) is 14.3. The number of carbonyl (C=O) groups is 3. The molecule has 1 radical (unpaired) electrons. The van der Waals surface area contributed by atoms with Crippen molar-refractivity contribution < 1.29 is 39.5 Å². The summed E-state index contributed by atoms with van der Waals surface area (Å²) in [7, 11) is 3.07. The second kappa shape index (κ2) is 24.8. The second-order valence-electron chi connectivity index (χ2n) is 17.7. The number of aryl methyl sites for hydroxylation is 5. The number of amides is 2. The molecule has 1 saturated heterocycles. The molecule has 2 aliphatic heterocycles. The van der Waals surface area contributed by atoms with Gasteiger partial charge in [0.05, 0.1) is 50.6 Å². The maximum atomic E-state index is 14.0. The molecule has 0 bridgehead atoms. The number of ether oxygens (including phenoxy) is 1. The monoisotopic (exact) mass is 1200 g/mol. The maximum Gasteiger partial charge on any atom is 0.291 e. The van der Waals surface area contributed by atoms with Crippen LogP contribution in [-0.4, -0.2) is 107 Å². The zero-order chi connectivity index (χ0) is 51.1. The molecule has 19 nitrogen and oxygen atoms in total. The van der Waals surface area contributed by atoms with Crippen LogP contribution in [0.25, 0.3) is 32.3 Å². The minimum Gasteiger partial charge on any atom is -0.654 e. The van der Waals surface area contributed by atoms with Crippen LogP contribution in [0.2, 0.25) is 0 Å². The fourth-order valence-electron chi connectivity index (χ4n) is 9.66. The molecule has 0 atom stereocenters. The zero-order valence-corrected chi connectivity index (χ0v) is 46.7. The van der Waals surface area contributed by atoms with E-state index in [1.165, 1.54) is 29.7 Å². The van der Waals surface area contributed by atoms with E-state index in [9.17, 15) is 14.4 Å². The van der Waals surface area contributed by atoms with Crippen LogP contribution in [-0.2, 0) is 66.0 Å². The fourth-order valence-corrected chi connectivity index (χ4v) is 11.7. The van der Waals surface area contributed by atoms with Crippen molar-refractivity contribution >= 4 is 73.7 Å². The number of anilines is 1. The quantitative estimate of drug-likeness (QED) is 0.0416. The van der Waals surface area contributed by atoms with Crippen LogP contribution in [0.1, 0.15) is 115 Å². The van der Waals surface area contributed by atoms with Gasteiger partial charge in [0.2, 0.25) is 11.9 Å². The summed E-state index contributed by atoms with van der Waals surface area (Å²) in [6.45, 7) is 18.9. The van der Waals surface area contributed by atoms with Gasteiger partial charge in [-0.2, -0.15) is 10.1 Å². The molecule has 73 heavy (non-hydrogen) atoms. The van der Waals surface area contributed by atoms with Crippen molar-refractivity contribution in [3.63, 3.8) is 0 Å². The van der Waals surface area contributed by atoms with Gasteiger partial charge in [0.15, 0.2) is 4.80 Å². The third-order valence-corrected chi connectivity index (χ3v) is 15.1. The van der Waals surface area contributed by atoms with Crippen LogP contribution in [0.4, 0.5) is 5.95 Å². The molecule has 0 saturated carbocycles. The number of likely N-dealkylation sites (tertiary alicyclic amines) is 1. The molecule has 2 amide bonds. The number of unbranched alkanes of at least 4 members (excludes halogenated alkanes) is 1. The molecule has 7 heterocycles. The Morgan fingerprint density at radius 1 is 0.986 bits per heavy atom. The number of benzene rings is 2. The Kier molecular flexibility index (Phi) is 18.6. The molecule has 0 unspecified atom stereocenters. The molecule has 2 aromatic carbocycles. The van der Waals surface area contributed by atoms with E-state index in [0.29, 0.717) is 94.2 Å². The van der Waals surface area contributed by atoms with Gasteiger partial charge in [0, 0.05) is 63.6 Å². The average molecular weight is 1200 g/mol. The molecule has 387 valence electrons. The topological polar surface area (TPSA) is 238 Å². The van der Waals surface area contributed by atoms with Crippen LogP contribution >= 0.6 is 22.7 Å². The summed E-state index contributed by atoms with van der Waals surface area (Å²) in [6.07, 6.45) is 10.1. The summed E-state index contributed by atoms with van der Waals surface area (Å²) in [6, 6.07) is 9.12. The SMILES string of the molecule is C=C(Nc1nc2cc(C=O)cc(OC)c2n1C/C=C/Cn1c(=NC(=O)c2sc(C)nc2CC)sc2cc(C(N)=O)cc(CCCCN3CCC(c4nnc5n4CC[N-]C5)CC3)c21)c1cc(C)nn1CC.CN.[Re]. The van der Waals surface area contributed by atoms with E-state index in [2.05, 4.69) is 57.3 Å². The van der Waals surface area contributed by atoms with Gasteiger partial charge < -0.3 is 45.4 Å². The molecule has 9 rings (SSSR count). The number of fused-ring (bicyclic) bond motifs is 3. The Morgan fingerprint density at radius 3 is 2.47 bits per heavy atom. The van der Waals surface area contributed by atoms with Gasteiger partial charge in [0.1, 0.15) is 34.1 Å². The van der Waals surface area contributed by atoms with Gasteiger partial charge in [-0.15, -0.1) is 28.1 Å². The summed E-state index contributed by atoms with van der Waals surface area (Å²) in [5, 5.41) is 22.3. The minimum absolute atomic E-state index is 0. The summed E-state index contributed by atoms with van der Waals surface area (Å²) in [4.78, 5) is 56.6. The Balaban J connectivity index is 0.00000257. The third kappa shape index (κ3) is 12.0. The Bertz CT molecular complexity index is 3220. The molecular formula is C51H64N15O4ReS2-. The number of aldehydes is 1. The van der Waals surface area contributed by atoms with Crippen molar-refractivity contribution in [1.29, 1.82) is 0 Å². The van der Waals surface area contributed by atoms with E-state index in [0.717, 1.165) is 114 Å². The number of piperidine rings is 1. The average Bonchev–Trinajstić information content (AvgIpc) is 4.23. The molecule has 5 N–H and O–H groups in total. The number of nitrogens with two attached hydrogens (primary N) is 2. The number of thiazole rings is 2. The largest absolute Gasteiger partial charge is 0.654 e. The van der Waals surface area contributed by atoms with Crippen LogP contribution < -0.4 is 26.3 Å². The van der Waals surface area contributed by atoms with Gasteiger partial charge in [-0.25, -0.2) is 9.97 Å². The Morgan fingerprint density at radius 2 is 1.75 bits per heavy atom. The number of rotatable bonds is 19. The molecule has 22 heteroatoms. The predicted octanol–water partition coefficient (Wildman–Crippen LogP) is 7.16. The number of allylic oxidation sites excluding steroid dienone is 2. The summed E-state index contributed by atoms with van der Waals surface area (Å²) < 4.78 is 14.8. The Hall–Kier alpha value is -5.99. The number of imidazole rings is 1. The van der Waals surface area contributed by atoms with Gasteiger partial charge in [0.25, 0.3) is 5.91 Å². The zero-order valence-electron chi connectivity index (χ0n) is 42.4. The molecule has 2 aliphatic rings. The van der Waals surface area contributed by atoms with Crippen molar-refractivity contribution in [3.8, 4) is 5.75 Å². The molecule has 5 aromatic heterocycles. The van der Waals surface area contributed by atoms with Gasteiger partial charge in [-0.3, -0.25) is 19.1 Å². The van der Waals surface area contributed by atoms with Crippen molar-refractivity contribution in [2.75, 3.05) is 45.7 Å². The van der Waals surface area contributed by atoms with Crippen molar-refractivity contribution in [3.05, 3.63) is 114 Å². The van der Waals surface area contributed by atoms with Crippen molar-refractivity contribution in [2.24, 2.45) is 16.5 Å². The number of nitrogens with zero attached hydrogens (tertiary/aromatic N) is 12. The van der Waals surface area contributed by atoms with E-state index >= 15 is 0 Å². The van der Waals surface area contributed by atoms with Crippen LogP contribution in [0.5, 0.6) is 5.75 Å². The summed E-state index contributed by atoms with van der Waals surface area (Å²) in [5.41, 5.74) is 17.5. The third-order valence-electron chi connectivity index (χ3n) is 13.1. The van der Waals surface area contributed by atoms with Gasteiger partial charge in [-0.1, -0.05) is 43.5 Å².